The Bertz CT molecular complexity index is 1920. The summed E-state index contributed by atoms with van der Waals surface area (Å²) in [6.07, 6.45) is 1.60. The average Bonchev–Trinajstić information content (AvgIpc) is 3.54. The van der Waals surface area contributed by atoms with Crippen molar-refractivity contribution in [2.45, 2.75) is 65.0 Å². The Morgan fingerprint density at radius 1 is 1.02 bits per heavy atom. The predicted molar refractivity (Wildman–Crippen MR) is 189 cm³/mol. The molecule has 0 radical (unpaired) electrons. The van der Waals surface area contributed by atoms with E-state index in [0.717, 1.165) is 5.56 Å². The van der Waals surface area contributed by atoms with Crippen LogP contribution in [0.5, 0.6) is 5.75 Å². The minimum atomic E-state index is -1.03. The van der Waals surface area contributed by atoms with Crippen LogP contribution in [0.4, 0.5) is 4.79 Å². The van der Waals surface area contributed by atoms with Crippen LogP contribution in [-0.4, -0.2) is 56.4 Å². The number of nitrogens with zero attached hydrogens (tertiary/aromatic N) is 4. The van der Waals surface area contributed by atoms with Crippen LogP contribution in [0.25, 0.3) is 0 Å². The Labute approximate surface area is 300 Å². The molecule has 0 bridgehead atoms. The largest absolute Gasteiger partial charge is 0.487 e. The van der Waals surface area contributed by atoms with E-state index in [4.69, 9.17) is 21.1 Å². The van der Waals surface area contributed by atoms with Crippen molar-refractivity contribution in [3.05, 3.63) is 124 Å². The third kappa shape index (κ3) is 9.31. The Morgan fingerprint density at radius 3 is 2.37 bits per heavy atom. The van der Waals surface area contributed by atoms with Crippen LogP contribution >= 0.6 is 11.6 Å². The number of urea groups is 1. The van der Waals surface area contributed by atoms with E-state index in [0.29, 0.717) is 38.9 Å². The van der Waals surface area contributed by atoms with Crippen LogP contribution in [0.2, 0.25) is 5.02 Å². The Kier molecular flexibility index (Phi) is 11.4. The molecule has 0 spiro atoms. The number of halogens is 1. The fourth-order valence-corrected chi connectivity index (χ4v) is 5.88. The molecule has 1 aromatic heterocycles. The Hall–Kier alpha value is -5.69. The molecule has 2 unspecified atom stereocenters. The van der Waals surface area contributed by atoms with Crippen LogP contribution in [0.3, 0.4) is 0 Å². The van der Waals surface area contributed by atoms with Gasteiger partial charge >= 0.3 is 12.0 Å². The number of esters is 1. The van der Waals surface area contributed by atoms with Crippen LogP contribution in [0.15, 0.2) is 96.3 Å². The van der Waals surface area contributed by atoms with Gasteiger partial charge in [0.1, 0.15) is 30.6 Å². The number of methoxy groups -OCH3 is 1. The van der Waals surface area contributed by atoms with Crippen molar-refractivity contribution in [2.24, 2.45) is 0 Å². The number of hydrogen-bond donors (Lipinski definition) is 3. The van der Waals surface area contributed by atoms with Crippen molar-refractivity contribution in [1.82, 2.24) is 35.8 Å². The minimum Gasteiger partial charge on any atom is -0.487 e. The van der Waals surface area contributed by atoms with Crippen molar-refractivity contribution in [2.75, 3.05) is 7.11 Å². The molecule has 2 atom stereocenters. The molecule has 4 amide bonds. The van der Waals surface area contributed by atoms with Gasteiger partial charge in [0.15, 0.2) is 0 Å². The normalized spacial score (nSPS) is 14.9. The van der Waals surface area contributed by atoms with Gasteiger partial charge < -0.3 is 30.3 Å². The first-order chi connectivity index (χ1) is 24.3. The van der Waals surface area contributed by atoms with Gasteiger partial charge in [0.25, 0.3) is 0 Å². The number of allylic oxidation sites excluding steroid dienone is 1. The number of ether oxygens (including phenoxy) is 2. The van der Waals surface area contributed by atoms with Gasteiger partial charge in [0, 0.05) is 28.4 Å². The molecule has 3 N–H and O–H groups in total. The van der Waals surface area contributed by atoms with Crippen molar-refractivity contribution in [1.29, 1.82) is 0 Å². The van der Waals surface area contributed by atoms with E-state index in [9.17, 15) is 19.2 Å². The lowest BCUT2D eigenvalue weighted by molar-refractivity contribution is -0.142. The summed E-state index contributed by atoms with van der Waals surface area (Å²) in [4.78, 5) is 54.0. The average molecular weight is 714 g/mol. The molecule has 13 nitrogen and oxygen atoms in total. The minimum absolute atomic E-state index is 0.0496. The maximum Gasteiger partial charge on any atom is 0.337 e. The van der Waals surface area contributed by atoms with Gasteiger partial charge in [-0.2, -0.15) is 0 Å². The molecule has 14 heteroatoms. The second-order valence-corrected chi connectivity index (χ2v) is 13.4. The number of carbonyl (C=O) groups excluding carboxylic acids is 4. The molecular weight excluding hydrogens is 674 g/mol. The number of rotatable bonds is 12. The molecule has 51 heavy (non-hydrogen) atoms. The topological polar surface area (TPSA) is 157 Å². The molecule has 266 valence electrons. The molecule has 1 aliphatic rings. The van der Waals surface area contributed by atoms with Gasteiger partial charge in [-0.1, -0.05) is 77.5 Å². The molecule has 5 rings (SSSR count). The van der Waals surface area contributed by atoms with Crippen molar-refractivity contribution < 1.29 is 28.7 Å². The summed E-state index contributed by atoms with van der Waals surface area (Å²) in [6, 6.07) is 21.1. The lowest BCUT2D eigenvalue weighted by atomic mass is 9.95. The molecule has 0 fully saturated rings. The molecular formula is C37H40ClN7O6. The zero-order chi connectivity index (χ0) is 36.7. The smallest absolute Gasteiger partial charge is 0.337 e. The number of aromatic nitrogens is 3. The van der Waals surface area contributed by atoms with Crippen molar-refractivity contribution in [3.63, 3.8) is 0 Å². The summed E-state index contributed by atoms with van der Waals surface area (Å²) < 4.78 is 12.2. The van der Waals surface area contributed by atoms with Crippen LogP contribution in [-0.2, 0) is 38.8 Å². The first-order valence-electron chi connectivity index (χ1n) is 16.2. The van der Waals surface area contributed by atoms with E-state index in [2.05, 4.69) is 26.3 Å². The lowest BCUT2D eigenvalue weighted by Crippen LogP contribution is -2.49. The van der Waals surface area contributed by atoms with Crippen LogP contribution < -0.4 is 20.7 Å². The Morgan fingerprint density at radius 2 is 1.71 bits per heavy atom. The SMILES string of the molecule is COC(=O)C1=C(C)NC(=O)NC1c1ccc(OCc2cn(CC(=O)N(Cc3ccccc3)C(C(=O)NC(C)(C)C)c3ccccc3Cl)nn2)cc1. The zero-order valence-electron chi connectivity index (χ0n) is 29.0. The molecule has 0 saturated heterocycles. The molecule has 0 aliphatic carbocycles. The van der Waals surface area contributed by atoms with Crippen molar-refractivity contribution in [3.8, 4) is 5.75 Å². The van der Waals surface area contributed by atoms with E-state index in [1.165, 1.54) is 16.7 Å². The molecule has 2 heterocycles. The second-order valence-electron chi connectivity index (χ2n) is 13.0. The molecule has 1 aliphatic heterocycles. The monoisotopic (exact) mass is 713 g/mol. The highest BCUT2D eigenvalue weighted by atomic mass is 35.5. The number of benzene rings is 3. The highest BCUT2D eigenvalue weighted by Gasteiger charge is 2.35. The third-order valence-electron chi connectivity index (χ3n) is 7.93. The van der Waals surface area contributed by atoms with Gasteiger partial charge in [0.05, 0.1) is 24.9 Å². The van der Waals surface area contributed by atoms with Gasteiger partial charge in [-0.25, -0.2) is 14.3 Å². The van der Waals surface area contributed by atoms with Crippen LogP contribution in [0, 0.1) is 0 Å². The predicted octanol–water partition coefficient (Wildman–Crippen LogP) is 5.00. The van der Waals surface area contributed by atoms with E-state index in [1.54, 1.807) is 61.7 Å². The quantitative estimate of drug-likeness (QED) is 0.173. The van der Waals surface area contributed by atoms with Crippen LogP contribution in [0.1, 0.15) is 62.2 Å². The summed E-state index contributed by atoms with van der Waals surface area (Å²) in [5, 5.41) is 17.1. The molecule has 3 aromatic carbocycles. The number of amides is 4. The summed E-state index contributed by atoms with van der Waals surface area (Å²) in [5.74, 6) is -0.788. The number of nitrogens with one attached hydrogen (secondary N) is 3. The Balaban J connectivity index is 1.31. The highest BCUT2D eigenvalue weighted by molar-refractivity contribution is 6.31. The van der Waals surface area contributed by atoms with Gasteiger partial charge in [-0.15, -0.1) is 5.10 Å². The first-order valence-corrected chi connectivity index (χ1v) is 16.6. The fourth-order valence-electron chi connectivity index (χ4n) is 5.64. The summed E-state index contributed by atoms with van der Waals surface area (Å²) in [5.41, 5.74) is 2.60. The second kappa shape index (κ2) is 15.9. The lowest BCUT2D eigenvalue weighted by Gasteiger charge is -2.34. The maximum atomic E-state index is 14.1. The van der Waals surface area contributed by atoms with Crippen molar-refractivity contribution >= 4 is 35.4 Å². The maximum absolute atomic E-state index is 14.1. The van der Waals surface area contributed by atoms with E-state index < -0.39 is 29.6 Å². The summed E-state index contributed by atoms with van der Waals surface area (Å²) in [6.45, 7) is 7.25. The molecule has 4 aromatic rings. The number of hydrogen-bond acceptors (Lipinski definition) is 8. The van der Waals surface area contributed by atoms with Gasteiger partial charge in [-0.05, 0) is 57.0 Å². The van der Waals surface area contributed by atoms with E-state index in [1.807, 2.05) is 51.1 Å². The van der Waals surface area contributed by atoms with Gasteiger partial charge in [0.2, 0.25) is 11.8 Å². The third-order valence-corrected chi connectivity index (χ3v) is 8.28. The summed E-state index contributed by atoms with van der Waals surface area (Å²) in [7, 11) is 1.28. The van der Waals surface area contributed by atoms with Gasteiger partial charge in [-0.3, -0.25) is 9.59 Å². The zero-order valence-corrected chi connectivity index (χ0v) is 29.7. The standard InChI is InChI=1S/C37H40ClN7O6/c1-23-31(35(48)50-5)32(40-36(49)39-23)25-15-17-27(18-16-25)51-22-26-20-44(43-42-26)21-30(46)45(19-24-11-7-6-8-12-24)33(34(47)41-37(2,3)4)28-13-9-10-14-29(28)38/h6-18,20,32-33H,19,21-22H2,1-5H3,(H,41,47)(H2,39,40,49). The molecule has 0 saturated carbocycles. The summed E-state index contributed by atoms with van der Waals surface area (Å²) >= 11 is 6.62. The first kappa shape index (κ1) is 36.6. The highest BCUT2D eigenvalue weighted by Crippen LogP contribution is 2.31. The van der Waals surface area contributed by atoms with E-state index >= 15 is 0 Å². The van der Waals surface area contributed by atoms with E-state index in [-0.39, 0.29) is 31.5 Å². The fraction of sp³-hybridized carbons (Fsp3) is 0.297. The number of carbonyl (C=O) groups is 4.